The van der Waals surface area contributed by atoms with Crippen LogP contribution in [0.3, 0.4) is 0 Å². The molecule has 1 aromatic heterocycles. The molecule has 1 saturated heterocycles. The number of piperidine rings is 1. The maximum absolute atomic E-state index is 12.6. The molecule has 6 nitrogen and oxygen atoms in total. The minimum atomic E-state index is -0.0504. The maximum Gasteiger partial charge on any atom is 0.293 e. The Morgan fingerprint density at radius 1 is 1.48 bits per heavy atom. The van der Waals surface area contributed by atoms with Crippen LogP contribution in [0.1, 0.15) is 62.4 Å². The monoisotopic (exact) mass is 293 g/mol. The summed E-state index contributed by atoms with van der Waals surface area (Å²) in [7, 11) is 0. The Kier molecular flexibility index (Phi) is 5.73. The number of hydrogen-bond acceptors (Lipinski definition) is 4. The minimum Gasteiger partial charge on any atom is -0.336 e. The lowest BCUT2D eigenvalue weighted by Crippen LogP contribution is -2.41. The number of H-pyrrole nitrogens is 1. The Bertz CT molecular complexity index is 451. The summed E-state index contributed by atoms with van der Waals surface area (Å²) >= 11 is 0. The third-order valence-electron chi connectivity index (χ3n) is 3.90. The summed E-state index contributed by atoms with van der Waals surface area (Å²) in [5.41, 5.74) is 0. The first kappa shape index (κ1) is 15.9. The predicted molar refractivity (Wildman–Crippen MR) is 82.3 cm³/mol. The number of nitrogens with one attached hydrogen (secondary N) is 2. The second-order valence-electron chi connectivity index (χ2n) is 6.16. The normalized spacial score (nSPS) is 19.0. The number of rotatable bonds is 6. The van der Waals surface area contributed by atoms with Crippen molar-refractivity contribution in [1.29, 1.82) is 0 Å². The van der Waals surface area contributed by atoms with Crippen molar-refractivity contribution < 1.29 is 4.79 Å². The highest BCUT2D eigenvalue weighted by atomic mass is 16.2. The molecule has 1 aromatic rings. The van der Waals surface area contributed by atoms with Crippen molar-refractivity contribution in [1.82, 2.24) is 25.4 Å². The van der Waals surface area contributed by atoms with Crippen LogP contribution < -0.4 is 5.32 Å². The van der Waals surface area contributed by atoms with E-state index in [0.717, 1.165) is 38.4 Å². The Morgan fingerprint density at radius 2 is 2.29 bits per heavy atom. The molecule has 0 aromatic carbocycles. The smallest absolute Gasteiger partial charge is 0.293 e. The van der Waals surface area contributed by atoms with E-state index in [2.05, 4.69) is 27.4 Å². The van der Waals surface area contributed by atoms with Crippen LogP contribution >= 0.6 is 0 Å². The SMILES string of the molecule is CCCN(CC1CCCNC1)C(=O)c1n[nH]c(C(C)C)n1. The second-order valence-corrected chi connectivity index (χ2v) is 6.16. The molecule has 0 spiro atoms. The molecule has 1 aliphatic heterocycles. The first-order valence-corrected chi connectivity index (χ1v) is 8.04. The lowest BCUT2D eigenvalue weighted by Gasteiger charge is -2.29. The largest absolute Gasteiger partial charge is 0.336 e. The molecule has 0 aliphatic carbocycles. The highest BCUT2D eigenvalue weighted by molar-refractivity contribution is 5.90. The van der Waals surface area contributed by atoms with E-state index in [9.17, 15) is 4.79 Å². The van der Waals surface area contributed by atoms with Crippen molar-refractivity contribution in [2.75, 3.05) is 26.2 Å². The van der Waals surface area contributed by atoms with Gasteiger partial charge < -0.3 is 10.2 Å². The van der Waals surface area contributed by atoms with E-state index in [1.165, 1.54) is 12.8 Å². The van der Waals surface area contributed by atoms with Gasteiger partial charge in [0.15, 0.2) is 0 Å². The molecule has 0 bridgehead atoms. The summed E-state index contributed by atoms with van der Waals surface area (Å²) in [6.07, 6.45) is 3.33. The summed E-state index contributed by atoms with van der Waals surface area (Å²) in [6.45, 7) is 9.82. The summed E-state index contributed by atoms with van der Waals surface area (Å²) < 4.78 is 0. The highest BCUT2D eigenvalue weighted by Crippen LogP contribution is 2.14. The highest BCUT2D eigenvalue weighted by Gasteiger charge is 2.24. The lowest BCUT2D eigenvalue weighted by atomic mass is 9.99. The van der Waals surface area contributed by atoms with Gasteiger partial charge in [-0.1, -0.05) is 20.8 Å². The van der Waals surface area contributed by atoms with E-state index in [4.69, 9.17) is 0 Å². The third kappa shape index (κ3) is 4.27. The summed E-state index contributed by atoms with van der Waals surface area (Å²) in [5, 5.41) is 10.4. The van der Waals surface area contributed by atoms with E-state index in [0.29, 0.717) is 11.7 Å². The van der Waals surface area contributed by atoms with Crippen LogP contribution in [0.15, 0.2) is 0 Å². The van der Waals surface area contributed by atoms with Crippen molar-refractivity contribution in [2.24, 2.45) is 5.92 Å². The van der Waals surface area contributed by atoms with Crippen molar-refractivity contribution in [3.8, 4) is 0 Å². The molecule has 2 N–H and O–H groups in total. The molecule has 6 heteroatoms. The van der Waals surface area contributed by atoms with E-state index in [-0.39, 0.29) is 11.8 Å². The predicted octanol–water partition coefficient (Wildman–Crippen LogP) is 1.78. The number of amides is 1. The molecule has 1 fully saturated rings. The number of carbonyl (C=O) groups excluding carboxylic acids is 1. The lowest BCUT2D eigenvalue weighted by molar-refractivity contribution is 0.0707. The second kappa shape index (κ2) is 7.54. The van der Waals surface area contributed by atoms with Crippen molar-refractivity contribution in [3.05, 3.63) is 11.6 Å². The summed E-state index contributed by atoms with van der Waals surface area (Å²) in [4.78, 5) is 18.8. The van der Waals surface area contributed by atoms with Gasteiger partial charge in [-0.25, -0.2) is 4.98 Å². The Labute approximate surface area is 126 Å². The van der Waals surface area contributed by atoms with E-state index < -0.39 is 0 Å². The van der Waals surface area contributed by atoms with Gasteiger partial charge in [0.25, 0.3) is 5.91 Å². The Balaban J connectivity index is 2.02. The molecule has 2 heterocycles. The van der Waals surface area contributed by atoms with Gasteiger partial charge in [-0.2, -0.15) is 0 Å². The number of carbonyl (C=O) groups is 1. The average Bonchev–Trinajstić information content (AvgIpc) is 2.97. The standard InChI is InChI=1S/C15H27N5O/c1-4-8-20(10-12-6-5-7-16-9-12)15(21)14-17-13(11(2)3)18-19-14/h11-12,16H,4-10H2,1-3H3,(H,17,18,19). The Morgan fingerprint density at radius 3 is 2.86 bits per heavy atom. The molecule has 0 radical (unpaired) electrons. The van der Waals surface area contributed by atoms with Crippen molar-refractivity contribution in [3.63, 3.8) is 0 Å². The number of aromatic nitrogens is 3. The van der Waals surface area contributed by atoms with Crippen LogP contribution in [-0.2, 0) is 0 Å². The first-order chi connectivity index (χ1) is 10.1. The molecule has 2 rings (SSSR count). The van der Waals surface area contributed by atoms with E-state index in [1.54, 1.807) is 0 Å². The molecule has 21 heavy (non-hydrogen) atoms. The summed E-state index contributed by atoms with van der Waals surface area (Å²) in [5.74, 6) is 1.81. The summed E-state index contributed by atoms with van der Waals surface area (Å²) in [6, 6.07) is 0. The maximum atomic E-state index is 12.6. The molecule has 1 amide bonds. The number of aromatic amines is 1. The number of hydrogen-bond donors (Lipinski definition) is 2. The molecule has 1 aliphatic rings. The van der Waals surface area contributed by atoms with E-state index >= 15 is 0 Å². The Hall–Kier alpha value is -1.43. The quantitative estimate of drug-likeness (QED) is 0.838. The van der Waals surface area contributed by atoms with Gasteiger partial charge in [0.05, 0.1) is 0 Å². The average molecular weight is 293 g/mol. The first-order valence-electron chi connectivity index (χ1n) is 8.04. The van der Waals surface area contributed by atoms with Crippen LogP contribution in [0.5, 0.6) is 0 Å². The molecule has 118 valence electrons. The van der Waals surface area contributed by atoms with Crippen LogP contribution in [0.25, 0.3) is 0 Å². The van der Waals surface area contributed by atoms with Crippen LogP contribution in [0, 0.1) is 5.92 Å². The topological polar surface area (TPSA) is 73.9 Å². The van der Waals surface area contributed by atoms with Gasteiger partial charge in [-0.15, -0.1) is 5.10 Å². The zero-order valence-electron chi connectivity index (χ0n) is 13.4. The zero-order chi connectivity index (χ0) is 15.2. The fourth-order valence-electron chi connectivity index (χ4n) is 2.71. The van der Waals surface area contributed by atoms with Crippen LogP contribution in [-0.4, -0.2) is 52.2 Å². The van der Waals surface area contributed by atoms with Gasteiger partial charge in [0, 0.05) is 19.0 Å². The number of nitrogens with zero attached hydrogens (tertiary/aromatic N) is 3. The van der Waals surface area contributed by atoms with Gasteiger partial charge in [0.2, 0.25) is 5.82 Å². The van der Waals surface area contributed by atoms with Crippen LogP contribution in [0.2, 0.25) is 0 Å². The van der Waals surface area contributed by atoms with Crippen molar-refractivity contribution in [2.45, 2.75) is 46.0 Å². The van der Waals surface area contributed by atoms with Crippen molar-refractivity contribution >= 4 is 5.91 Å². The van der Waals surface area contributed by atoms with Gasteiger partial charge in [-0.3, -0.25) is 9.89 Å². The molecular formula is C15H27N5O. The van der Waals surface area contributed by atoms with Crippen LogP contribution in [0.4, 0.5) is 0 Å². The fraction of sp³-hybridized carbons (Fsp3) is 0.800. The third-order valence-corrected chi connectivity index (χ3v) is 3.90. The molecule has 1 atom stereocenters. The molecular weight excluding hydrogens is 266 g/mol. The van der Waals surface area contributed by atoms with E-state index in [1.807, 2.05) is 18.7 Å². The van der Waals surface area contributed by atoms with Gasteiger partial charge >= 0.3 is 0 Å². The van der Waals surface area contributed by atoms with Gasteiger partial charge in [0.1, 0.15) is 5.82 Å². The zero-order valence-corrected chi connectivity index (χ0v) is 13.4. The molecule has 0 saturated carbocycles. The fourth-order valence-corrected chi connectivity index (χ4v) is 2.71. The van der Waals surface area contributed by atoms with Gasteiger partial charge in [-0.05, 0) is 38.3 Å². The minimum absolute atomic E-state index is 0.0504. The molecule has 1 unspecified atom stereocenters.